The highest BCUT2D eigenvalue weighted by Crippen LogP contribution is 2.39. The van der Waals surface area contributed by atoms with Crippen molar-refractivity contribution in [1.29, 1.82) is 0 Å². The minimum absolute atomic E-state index is 0.0158. The second-order valence-electron chi connectivity index (χ2n) is 6.03. The topological polar surface area (TPSA) is 54.0 Å². The van der Waals surface area contributed by atoms with Crippen LogP contribution in [-0.4, -0.2) is 48.7 Å². The largest absolute Gasteiger partial charge is 0.366 e. The number of rotatable bonds is 1. The molecule has 0 radical (unpaired) electrons. The van der Waals surface area contributed by atoms with Gasteiger partial charge in [-0.05, 0) is 26.7 Å². The van der Waals surface area contributed by atoms with Gasteiger partial charge in [0, 0.05) is 6.42 Å². The number of fused-ring (bicyclic) bond motifs is 2. The Labute approximate surface area is 119 Å². The van der Waals surface area contributed by atoms with E-state index in [-0.39, 0.29) is 30.4 Å². The fourth-order valence-electron chi connectivity index (χ4n) is 3.27. The molecule has 0 bridgehead atoms. The third-order valence-electron chi connectivity index (χ3n) is 4.54. The zero-order valence-electron chi connectivity index (χ0n) is 12.0. The maximum absolute atomic E-state index is 12.0. The molecule has 0 aromatic rings. The quantitative estimate of drug-likeness (QED) is 0.684. The molecule has 0 aromatic carbocycles. The molecule has 3 fully saturated rings. The first-order valence-electron chi connectivity index (χ1n) is 7.27. The van der Waals surface area contributed by atoms with Crippen LogP contribution in [0.1, 0.15) is 33.1 Å². The van der Waals surface area contributed by atoms with Gasteiger partial charge in [0.15, 0.2) is 12.1 Å². The van der Waals surface area contributed by atoms with Gasteiger partial charge in [0.1, 0.15) is 12.2 Å². The molecule has 3 saturated heterocycles. The number of hydrogen-bond donors (Lipinski definition) is 0. The van der Waals surface area contributed by atoms with Gasteiger partial charge in [-0.15, -0.1) is 6.58 Å². The van der Waals surface area contributed by atoms with Gasteiger partial charge in [-0.3, -0.25) is 4.79 Å². The van der Waals surface area contributed by atoms with Crippen molar-refractivity contribution in [2.45, 2.75) is 69.4 Å². The van der Waals surface area contributed by atoms with Crippen molar-refractivity contribution < 1.29 is 23.7 Å². The van der Waals surface area contributed by atoms with Crippen LogP contribution in [0.3, 0.4) is 0 Å². The first-order valence-corrected chi connectivity index (χ1v) is 7.27. The van der Waals surface area contributed by atoms with Gasteiger partial charge in [-0.2, -0.15) is 0 Å². The maximum Gasteiger partial charge on any atom is 0.168 e. The van der Waals surface area contributed by atoms with Crippen LogP contribution in [0.25, 0.3) is 0 Å². The summed E-state index contributed by atoms with van der Waals surface area (Å²) in [6.45, 7) is 8.10. The molecule has 3 aliphatic rings. The lowest BCUT2D eigenvalue weighted by molar-refractivity contribution is -0.266. The Hall–Kier alpha value is -0.750. The molecule has 5 heteroatoms. The van der Waals surface area contributed by atoms with E-state index in [1.165, 1.54) is 0 Å². The molecule has 3 rings (SSSR count). The van der Waals surface area contributed by atoms with Crippen molar-refractivity contribution in [2.24, 2.45) is 0 Å². The minimum Gasteiger partial charge on any atom is -0.366 e. The summed E-state index contributed by atoms with van der Waals surface area (Å²) < 4.78 is 23.4. The molecule has 112 valence electrons. The van der Waals surface area contributed by atoms with E-state index in [9.17, 15) is 4.79 Å². The lowest BCUT2D eigenvalue weighted by atomic mass is 9.85. The Morgan fingerprint density at radius 2 is 2.15 bits per heavy atom. The number of carbonyl (C=O) groups excluding carboxylic acids is 1. The van der Waals surface area contributed by atoms with Gasteiger partial charge >= 0.3 is 0 Å². The number of hydrogen-bond acceptors (Lipinski definition) is 5. The highest BCUT2D eigenvalue weighted by Gasteiger charge is 2.50. The van der Waals surface area contributed by atoms with E-state index in [4.69, 9.17) is 18.9 Å². The average Bonchev–Trinajstić information content (AvgIpc) is 2.55. The van der Waals surface area contributed by atoms with Crippen molar-refractivity contribution in [2.75, 3.05) is 6.61 Å². The first kappa shape index (κ1) is 14.2. The smallest absolute Gasteiger partial charge is 0.168 e. The van der Waals surface area contributed by atoms with Crippen LogP contribution in [0.5, 0.6) is 0 Å². The Morgan fingerprint density at radius 3 is 2.90 bits per heavy atom. The van der Waals surface area contributed by atoms with Gasteiger partial charge in [0.05, 0.1) is 24.4 Å². The van der Waals surface area contributed by atoms with E-state index in [2.05, 4.69) is 6.58 Å². The summed E-state index contributed by atoms with van der Waals surface area (Å²) in [7, 11) is 0. The zero-order valence-corrected chi connectivity index (χ0v) is 12.0. The van der Waals surface area contributed by atoms with Crippen LogP contribution in [0.2, 0.25) is 0 Å². The molecule has 0 N–H and O–H groups in total. The fraction of sp³-hybridized carbons (Fsp3) is 0.800. The Morgan fingerprint density at radius 1 is 1.35 bits per heavy atom. The average molecular weight is 282 g/mol. The summed E-state index contributed by atoms with van der Waals surface area (Å²) in [4.78, 5) is 12.0. The Kier molecular flexibility index (Phi) is 3.71. The van der Waals surface area contributed by atoms with Crippen molar-refractivity contribution in [3.05, 3.63) is 12.7 Å². The summed E-state index contributed by atoms with van der Waals surface area (Å²) in [5, 5.41) is 0. The Balaban J connectivity index is 1.79. The van der Waals surface area contributed by atoms with E-state index in [0.717, 1.165) is 12.8 Å². The number of carbonyl (C=O) groups is 1. The normalized spacial score (nSPS) is 48.9. The van der Waals surface area contributed by atoms with Crippen molar-refractivity contribution in [3.8, 4) is 0 Å². The monoisotopic (exact) mass is 282 g/mol. The van der Waals surface area contributed by atoms with E-state index in [0.29, 0.717) is 13.0 Å². The van der Waals surface area contributed by atoms with Crippen LogP contribution < -0.4 is 0 Å². The standard InChI is InChI=1S/C15H22O5/c1-4-11-10(16)7-14-15(3,20-11)6-5-12-13(19-14)8-17-9(2)18-12/h4,9,11-14H,1,5-8H2,2-3H3/t9-,11+,12+,13-,14+,15-/m1/s1. The summed E-state index contributed by atoms with van der Waals surface area (Å²) in [6.07, 6.45) is 2.55. The van der Waals surface area contributed by atoms with E-state index >= 15 is 0 Å². The lowest BCUT2D eigenvalue weighted by Gasteiger charge is -2.42. The van der Waals surface area contributed by atoms with Crippen LogP contribution in [-0.2, 0) is 23.7 Å². The highest BCUT2D eigenvalue weighted by molar-refractivity contribution is 5.86. The lowest BCUT2D eigenvalue weighted by Crippen LogP contribution is -2.54. The minimum atomic E-state index is -0.518. The predicted octanol–water partition coefficient (Wildman–Crippen LogP) is 1.60. The SMILES string of the molecule is C=C[C@@H]1O[C@]2(C)CC[C@@H]3O[C@H](C)OC[C@H]3O[C@H]2CC1=O. The molecule has 0 spiro atoms. The number of ketones is 1. The molecular weight excluding hydrogens is 260 g/mol. The molecule has 0 aliphatic carbocycles. The zero-order chi connectivity index (χ0) is 14.3. The first-order chi connectivity index (χ1) is 9.51. The molecule has 3 heterocycles. The van der Waals surface area contributed by atoms with Crippen LogP contribution in [0.4, 0.5) is 0 Å². The second kappa shape index (κ2) is 5.22. The molecule has 0 saturated carbocycles. The van der Waals surface area contributed by atoms with Crippen LogP contribution in [0.15, 0.2) is 12.7 Å². The van der Waals surface area contributed by atoms with Crippen LogP contribution >= 0.6 is 0 Å². The number of Topliss-reactive ketones (excluding diaryl/α,β-unsaturated/α-hetero) is 1. The molecule has 0 amide bonds. The fourth-order valence-corrected chi connectivity index (χ4v) is 3.27. The summed E-state index contributed by atoms with van der Waals surface area (Å²) in [5.41, 5.74) is -0.462. The molecule has 20 heavy (non-hydrogen) atoms. The second-order valence-corrected chi connectivity index (χ2v) is 6.03. The molecule has 0 unspecified atom stereocenters. The molecule has 3 aliphatic heterocycles. The van der Waals surface area contributed by atoms with E-state index in [1.807, 2.05) is 13.8 Å². The van der Waals surface area contributed by atoms with E-state index < -0.39 is 11.7 Å². The molecule has 5 nitrogen and oxygen atoms in total. The third-order valence-corrected chi connectivity index (χ3v) is 4.54. The third kappa shape index (κ3) is 2.44. The van der Waals surface area contributed by atoms with Gasteiger partial charge in [-0.1, -0.05) is 6.08 Å². The van der Waals surface area contributed by atoms with Crippen molar-refractivity contribution in [3.63, 3.8) is 0 Å². The Bertz CT molecular complexity index is 409. The number of ether oxygens (including phenoxy) is 4. The summed E-state index contributed by atoms with van der Waals surface area (Å²) in [6, 6.07) is 0. The molecule has 6 atom stereocenters. The summed E-state index contributed by atoms with van der Waals surface area (Å²) in [5.74, 6) is 0.0342. The molecular formula is C15H22O5. The van der Waals surface area contributed by atoms with Gasteiger partial charge in [0.25, 0.3) is 0 Å². The van der Waals surface area contributed by atoms with Gasteiger partial charge in [-0.25, -0.2) is 0 Å². The van der Waals surface area contributed by atoms with Crippen LogP contribution in [0, 0.1) is 0 Å². The summed E-state index contributed by atoms with van der Waals surface area (Å²) >= 11 is 0. The molecule has 0 aromatic heterocycles. The van der Waals surface area contributed by atoms with Crippen molar-refractivity contribution in [1.82, 2.24) is 0 Å². The highest BCUT2D eigenvalue weighted by atomic mass is 16.7. The van der Waals surface area contributed by atoms with E-state index in [1.54, 1.807) is 6.08 Å². The maximum atomic E-state index is 12.0. The van der Waals surface area contributed by atoms with Gasteiger partial charge in [0.2, 0.25) is 0 Å². The van der Waals surface area contributed by atoms with Crippen molar-refractivity contribution >= 4 is 5.78 Å². The predicted molar refractivity (Wildman–Crippen MR) is 71.3 cm³/mol. The van der Waals surface area contributed by atoms with Gasteiger partial charge < -0.3 is 18.9 Å².